The van der Waals surface area contributed by atoms with Crippen molar-refractivity contribution in [3.05, 3.63) is 11.6 Å². The molecule has 84 valence electrons. The Morgan fingerprint density at radius 2 is 1.64 bits per heavy atom. The summed E-state index contributed by atoms with van der Waals surface area (Å²) in [6.45, 7) is 4.19. The second-order valence-corrected chi connectivity index (χ2v) is 6.37. The Hall–Kier alpha value is -0.163. The Balaban J connectivity index is 3.94. The molecule has 0 aliphatic carbocycles. The first-order valence-corrected chi connectivity index (χ1v) is 6.84. The predicted octanol–water partition coefficient (Wildman–Crippen LogP) is 2.61. The molecule has 0 heterocycles. The predicted molar refractivity (Wildman–Crippen MR) is 60.3 cm³/mol. The molecule has 14 heavy (non-hydrogen) atoms. The van der Waals surface area contributed by atoms with Crippen LogP contribution in [0.15, 0.2) is 11.6 Å². The Morgan fingerprint density at radius 1 is 1.14 bits per heavy atom. The third kappa shape index (κ3) is 4.37. The highest BCUT2D eigenvalue weighted by atomic mass is 28.4. The number of hydrogen-bond donors (Lipinski definition) is 0. The van der Waals surface area contributed by atoms with Crippen LogP contribution in [-0.2, 0) is 13.3 Å². The number of allylic oxidation sites excluding steroid dienone is 2. The highest BCUT2D eigenvalue weighted by Crippen LogP contribution is 2.18. The van der Waals surface area contributed by atoms with E-state index in [-0.39, 0.29) is 0 Å². The lowest BCUT2D eigenvalue weighted by atomic mass is 10.2. The van der Waals surface area contributed by atoms with Gasteiger partial charge in [0.15, 0.2) is 0 Å². The Labute approximate surface area is 88.4 Å². The second-order valence-electron chi connectivity index (χ2n) is 3.28. The second kappa shape index (κ2) is 7.17. The summed E-state index contributed by atoms with van der Waals surface area (Å²) in [6.07, 6.45) is 4.27. The van der Waals surface area contributed by atoms with Gasteiger partial charge in [0.25, 0.3) is 0 Å². The first-order chi connectivity index (χ1) is 6.64. The molecular weight excluding hydrogens is 196 g/mol. The van der Waals surface area contributed by atoms with Crippen LogP contribution >= 0.6 is 0 Å². The van der Waals surface area contributed by atoms with Gasteiger partial charge in [0.2, 0.25) is 0 Å². The number of hydrogen-bond acceptors (Lipinski definition) is 3. The van der Waals surface area contributed by atoms with E-state index >= 15 is 0 Å². The SMILES string of the molecule is CC=C(C)CCC[Si](OC)(OC)OC. The monoisotopic (exact) mass is 218 g/mol. The molecular formula is C10H22O3Si. The fourth-order valence-corrected chi connectivity index (χ4v) is 3.01. The Kier molecular flexibility index (Phi) is 7.09. The van der Waals surface area contributed by atoms with E-state index in [0.717, 1.165) is 18.9 Å². The lowest BCUT2D eigenvalue weighted by Crippen LogP contribution is -2.42. The highest BCUT2D eigenvalue weighted by Gasteiger charge is 2.36. The van der Waals surface area contributed by atoms with Crippen LogP contribution in [0.4, 0.5) is 0 Å². The minimum absolute atomic E-state index is 0.877. The van der Waals surface area contributed by atoms with Crippen molar-refractivity contribution in [2.24, 2.45) is 0 Å². The first-order valence-electron chi connectivity index (χ1n) is 4.91. The molecule has 0 bridgehead atoms. The van der Waals surface area contributed by atoms with E-state index in [1.54, 1.807) is 21.3 Å². The lowest BCUT2D eigenvalue weighted by molar-refractivity contribution is 0.123. The third-order valence-corrected chi connectivity index (χ3v) is 5.31. The maximum atomic E-state index is 5.33. The molecule has 0 aromatic carbocycles. The molecule has 0 atom stereocenters. The van der Waals surface area contributed by atoms with Crippen molar-refractivity contribution in [3.8, 4) is 0 Å². The van der Waals surface area contributed by atoms with Crippen molar-refractivity contribution in [1.82, 2.24) is 0 Å². The van der Waals surface area contributed by atoms with Crippen LogP contribution in [0.2, 0.25) is 6.04 Å². The Bertz CT molecular complexity index is 168. The van der Waals surface area contributed by atoms with E-state index in [1.807, 2.05) is 0 Å². The summed E-state index contributed by atoms with van der Waals surface area (Å²) < 4.78 is 16.0. The molecule has 3 nitrogen and oxygen atoms in total. The molecule has 0 unspecified atom stereocenters. The molecule has 0 aromatic rings. The van der Waals surface area contributed by atoms with Crippen LogP contribution in [0.25, 0.3) is 0 Å². The van der Waals surface area contributed by atoms with Crippen LogP contribution in [0.3, 0.4) is 0 Å². The maximum Gasteiger partial charge on any atom is 0.500 e. The van der Waals surface area contributed by atoms with E-state index < -0.39 is 8.80 Å². The van der Waals surface area contributed by atoms with Gasteiger partial charge < -0.3 is 13.3 Å². The average Bonchev–Trinajstić information content (AvgIpc) is 2.25. The van der Waals surface area contributed by atoms with Gasteiger partial charge in [0, 0.05) is 27.4 Å². The molecule has 0 rings (SSSR count). The standard InChI is InChI=1S/C10H22O3Si/c1-6-10(2)8-7-9-14(11-3,12-4)13-5/h6H,7-9H2,1-5H3. The van der Waals surface area contributed by atoms with Gasteiger partial charge in [-0.25, -0.2) is 0 Å². The molecule has 4 heteroatoms. The average molecular weight is 218 g/mol. The molecule has 0 spiro atoms. The summed E-state index contributed by atoms with van der Waals surface area (Å²) in [5, 5.41) is 0. The first kappa shape index (κ1) is 13.8. The smallest absolute Gasteiger partial charge is 0.377 e. The zero-order valence-electron chi connectivity index (χ0n) is 9.92. The van der Waals surface area contributed by atoms with Gasteiger partial charge in [-0.2, -0.15) is 0 Å². The molecule has 0 aliphatic rings. The van der Waals surface area contributed by atoms with Gasteiger partial charge in [-0.1, -0.05) is 11.6 Å². The van der Waals surface area contributed by atoms with Crippen LogP contribution in [0.1, 0.15) is 26.7 Å². The summed E-state index contributed by atoms with van der Waals surface area (Å²) >= 11 is 0. The summed E-state index contributed by atoms with van der Waals surface area (Å²) in [7, 11) is 2.64. The van der Waals surface area contributed by atoms with Crippen LogP contribution < -0.4 is 0 Å². The van der Waals surface area contributed by atoms with Gasteiger partial charge in [0.05, 0.1) is 0 Å². The minimum Gasteiger partial charge on any atom is -0.377 e. The maximum absolute atomic E-state index is 5.33. The van der Waals surface area contributed by atoms with Crippen LogP contribution in [-0.4, -0.2) is 30.1 Å². The van der Waals surface area contributed by atoms with Crippen LogP contribution in [0.5, 0.6) is 0 Å². The van der Waals surface area contributed by atoms with Crippen molar-refractivity contribution >= 4 is 8.80 Å². The molecule has 0 aliphatic heterocycles. The van der Waals surface area contributed by atoms with E-state index in [0.29, 0.717) is 0 Å². The molecule has 0 fully saturated rings. The normalized spacial score (nSPS) is 13.4. The van der Waals surface area contributed by atoms with Gasteiger partial charge >= 0.3 is 8.80 Å². The van der Waals surface area contributed by atoms with Crippen LogP contribution in [0, 0.1) is 0 Å². The molecule has 0 N–H and O–H groups in total. The number of rotatable bonds is 7. The summed E-state index contributed by atoms with van der Waals surface area (Å²) in [5.41, 5.74) is 1.40. The van der Waals surface area contributed by atoms with Crippen molar-refractivity contribution in [2.45, 2.75) is 32.7 Å². The van der Waals surface area contributed by atoms with Gasteiger partial charge in [0.1, 0.15) is 0 Å². The van der Waals surface area contributed by atoms with E-state index in [2.05, 4.69) is 19.9 Å². The zero-order chi connectivity index (χ0) is 11.0. The highest BCUT2D eigenvalue weighted by molar-refractivity contribution is 6.60. The minimum atomic E-state index is -2.32. The van der Waals surface area contributed by atoms with Crippen molar-refractivity contribution in [1.29, 1.82) is 0 Å². The topological polar surface area (TPSA) is 27.7 Å². The fraction of sp³-hybridized carbons (Fsp3) is 0.800. The summed E-state index contributed by atoms with van der Waals surface area (Å²) in [5.74, 6) is 0. The Morgan fingerprint density at radius 3 is 2.00 bits per heavy atom. The molecule has 0 aromatic heterocycles. The van der Waals surface area contributed by atoms with E-state index in [4.69, 9.17) is 13.3 Å². The molecule has 0 radical (unpaired) electrons. The third-order valence-electron chi connectivity index (χ3n) is 2.48. The van der Waals surface area contributed by atoms with Gasteiger partial charge in [-0.3, -0.25) is 0 Å². The largest absolute Gasteiger partial charge is 0.500 e. The quantitative estimate of drug-likeness (QED) is 0.485. The molecule has 0 amide bonds. The summed E-state index contributed by atoms with van der Waals surface area (Å²) in [6, 6.07) is 0.877. The molecule has 0 saturated heterocycles. The van der Waals surface area contributed by atoms with Crippen molar-refractivity contribution < 1.29 is 13.3 Å². The summed E-state index contributed by atoms with van der Waals surface area (Å²) in [4.78, 5) is 0. The van der Waals surface area contributed by atoms with E-state index in [1.165, 1.54) is 5.57 Å². The lowest BCUT2D eigenvalue weighted by Gasteiger charge is -2.24. The van der Waals surface area contributed by atoms with Gasteiger partial charge in [-0.15, -0.1) is 0 Å². The van der Waals surface area contributed by atoms with Crippen molar-refractivity contribution in [2.75, 3.05) is 21.3 Å². The van der Waals surface area contributed by atoms with E-state index in [9.17, 15) is 0 Å². The zero-order valence-corrected chi connectivity index (χ0v) is 10.9. The van der Waals surface area contributed by atoms with Gasteiger partial charge in [-0.05, 0) is 26.7 Å². The molecule has 0 saturated carbocycles. The van der Waals surface area contributed by atoms with Crippen molar-refractivity contribution in [3.63, 3.8) is 0 Å². The fourth-order valence-electron chi connectivity index (χ4n) is 1.28.